The van der Waals surface area contributed by atoms with Gasteiger partial charge in [0.2, 0.25) is 5.91 Å². The largest absolute Gasteiger partial charge is 0.378 e. The summed E-state index contributed by atoms with van der Waals surface area (Å²) in [6.07, 6.45) is 3.97. The van der Waals surface area contributed by atoms with Crippen LogP contribution in [-0.2, 0) is 9.53 Å². The van der Waals surface area contributed by atoms with Gasteiger partial charge in [0.05, 0.1) is 6.10 Å². The minimum absolute atomic E-state index is 0.215. The predicted octanol–water partition coefficient (Wildman–Crippen LogP) is 0.409. The lowest BCUT2D eigenvalue weighted by atomic mass is 9.89. The number of ether oxygens (including phenoxy) is 1. The third kappa shape index (κ3) is 4.07. The van der Waals surface area contributed by atoms with Crippen LogP contribution in [-0.4, -0.2) is 31.2 Å². The number of hydrogen-bond donors (Lipinski definition) is 2. The number of nitrogens with two attached hydrogens (primary N) is 1. The molecule has 0 aromatic carbocycles. The molecular weight excluding hydrogens is 180 g/mol. The van der Waals surface area contributed by atoms with Crippen molar-refractivity contribution in [3.8, 4) is 0 Å². The van der Waals surface area contributed by atoms with Crippen LogP contribution in [0.1, 0.15) is 32.6 Å². The summed E-state index contributed by atoms with van der Waals surface area (Å²) in [4.78, 5) is 10.4. The van der Waals surface area contributed by atoms with Gasteiger partial charge in [-0.25, -0.2) is 0 Å². The molecule has 0 saturated heterocycles. The highest BCUT2D eigenvalue weighted by Crippen LogP contribution is 2.22. The van der Waals surface area contributed by atoms with Crippen LogP contribution in [0.3, 0.4) is 0 Å². The first-order chi connectivity index (χ1) is 6.72. The zero-order chi connectivity index (χ0) is 10.4. The monoisotopic (exact) mass is 200 g/mol. The van der Waals surface area contributed by atoms with Crippen LogP contribution in [0.25, 0.3) is 0 Å². The van der Waals surface area contributed by atoms with E-state index in [2.05, 4.69) is 5.32 Å². The van der Waals surface area contributed by atoms with Crippen molar-refractivity contribution in [1.82, 2.24) is 5.32 Å². The summed E-state index contributed by atoms with van der Waals surface area (Å²) in [5, 5.41) is 3.38. The smallest absolute Gasteiger partial charge is 0.217 e. The third-order valence-electron chi connectivity index (χ3n) is 2.53. The molecule has 0 aromatic heterocycles. The highest BCUT2D eigenvalue weighted by Gasteiger charge is 2.28. The van der Waals surface area contributed by atoms with E-state index in [1.54, 1.807) is 0 Å². The summed E-state index contributed by atoms with van der Waals surface area (Å²) >= 11 is 0. The van der Waals surface area contributed by atoms with Crippen molar-refractivity contribution < 1.29 is 9.53 Å². The van der Waals surface area contributed by atoms with Crippen LogP contribution in [0.5, 0.6) is 0 Å². The Bertz CT molecular complexity index is 179. The van der Waals surface area contributed by atoms with Crippen LogP contribution in [0.15, 0.2) is 0 Å². The molecule has 4 nitrogen and oxygen atoms in total. The van der Waals surface area contributed by atoms with E-state index in [1.807, 2.05) is 6.92 Å². The van der Waals surface area contributed by atoms with Crippen molar-refractivity contribution in [3.63, 3.8) is 0 Å². The van der Waals surface area contributed by atoms with Gasteiger partial charge in [-0.15, -0.1) is 0 Å². The minimum Gasteiger partial charge on any atom is -0.378 e. The molecule has 82 valence electrons. The number of primary amides is 1. The summed E-state index contributed by atoms with van der Waals surface area (Å²) < 4.78 is 5.44. The van der Waals surface area contributed by atoms with Gasteiger partial charge in [-0.05, 0) is 32.7 Å². The molecule has 0 spiro atoms. The normalized spacial score (nSPS) is 25.8. The van der Waals surface area contributed by atoms with Gasteiger partial charge < -0.3 is 15.8 Å². The molecule has 1 aliphatic carbocycles. The van der Waals surface area contributed by atoms with Gasteiger partial charge in [-0.3, -0.25) is 4.79 Å². The Balaban J connectivity index is 1.88. The number of nitrogens with one attached hydrogen (secondary N) is 1. The highest BCUT2D eigenvalue weighted by atomic mass is 16.5. The first kappa shape index (κ1) is 11.5. The first-order valence-corrected chi connectivity index (χ1v) is 5.35. The van der Waals surface area contributed by atoms with E-state index in [0.717, 1.165) is 32.4 Å². The summed E-state index contributed by atoms with van der Waals surface area (Å²) in [6.45, 7) is 3.71. The maximum atomic E-state index is 10.4. The Labute approximate surface area is 85.2 Å². The van der Waals surface area contributed by atoms with Gasteiger partial charge >= 0.3 is 0 Å². The van der Waals surface area contributed by atoms with Crippen LogP contribution in [0.2, 0.25) is 0 Å². The van der Waals surface area contributed by atoms with E-state index >= 15 is 0 Å². The molecule has 1 saturated carbocycles. The maximum Gasteiger partial charge on any atom is 0.217 e. The fraction of sp³-hybridized carbons (Fsp3) is 0.900. The lowest BCUT2D eigenvalue weighted by molar-refractivity contribution is -0.118. The SMILES string of the molecule is CCOC1CC(NCCCC(N)=O)C1. The van der Waals surface area contributed by atoms with Crippen molar-refractivity contribution >= 4 is 5.91 Å². The van der Waals surface area contributed by atoms with Gasteiger partial charge in [-0.2, -0.15) is 0 Å². The molecule has 1 rings (SSSR count). The van der Waals surface area contributed by atoms with Gasteiger partial charge in [0.25, 0.3) is 0 Å². The molecular formula is C10H20N2O2. The van der Waals surface area contributed by atoms with Crippen LogP contribution >= 0.6 is 0 Å². The second-order valence-electron chi connectivity index (χ2n) is 3.77. The van der Waals surface area contributed by atoms with Crippen molar-refractivity contribution in [1.29, 1.82) is 0 Å². The Morgan fingerprint density at radius 1 is 1.57 bits per heavy atom. The summed E-state index contributed by atoms with van der Waals surface area (Å²) in [6, 6.07) is 0.583. The molecule has 0 aromatic rings. The van der Waals surface area contributed by atoms with Crippen molar-refractivity contribution in [2.75, 3.05) is 13.2 Å². The van der Waals surface area contributed by atoms with Crippen molar-refractivity contribution in [3.05, 3.63) is 0 Å². The molecule has 1 fully saturated rings. The van der Waals surface area contributed by atoms with E-state index in [4.69, 9.17) is 10.5 Å². The van der Waals surface area contributed by atoms with Crippen molar-refractivity contribution in [2.45, 2.75) is 44.8 Å². The zero-order valence-corrected chi connectivity index (χ0v) is 8.79. The first-order valence-electron chi connectivity index (χ1n) is 5.35. The molecule has 1 aliphatic rings. The third-order valence-corrected chi connectivity index (χ3v) is 2.53. The van der Waals surface area contributed by atoms with Gasteiger partial charge in [0.15, 0.2) is 0 Å². The molecule has 14 heavy (non-hydrogen) atoms. The minimum atomic E-state index is -0.215. The molecule has 0 unspecified atom stereocenters. The Kier molecular flexibility index (Phi) is 4.90. The molecule has 0 heterocycles. The number of rotatable bonds is 7. The average molecular weight is 200 g/mol. The fourth-order valence-electron chi connectivity index (χ4n) is 1.67. The molecule has 4 heteroatoms. The quantitative estimate of drug-likeness (QED) is 0.585. The molecule has 0 aliphatic heterocycles. The number of carbonyl (C=O) groups is 1. The molecule has 0 bridgehead atoms. The second-order valence-corrected chi connectivity index (χ2v) is 3.77. The lowest BCUT2D eigenvalue weighted by Gasteiger charge is -2.35. The van der Waals surface area contributed by atoms with Gasteiger partial charge in [-0.1, -0.05) is 0 Å². The molecule has 0 atom stereocenters. The maximum absolute atomic E-state index is 10.4. The van der Waals surface area contributed by atoms with E-state index in [0.29, 0.717) is 18.6 Å². The zero-order valence-electron chi connectivity index (χ0n) is 8.79. The lowest BCUT2D eigenvalue weighted by Crippen LogP contribution is -2.45. The van der Waals surface area contributed by atoms with Crippen LogP contribution < -0.4 is 11.1 Å². The molecule has 1 amide bonds. The van der Waals surface area contributed by atoms with Crippen molar-refractivity contribution in [2.24, 2.45) is 5.73 Å². The average Bonchev–Trinajstić information content (AvgIpc) is 2.06. The Morgan fingerprint density at radius 2 is 2.29 bits per heavy atom. The van der Waals surface area contributed by atoms with Crippen LogP contribution in [0, 0.1) is 0 Å². The van der Waals surface area contributed by atoms with Gasteiger partial charge in [0.1, 0.15) is 0 Å². The fourth-order valence-corrected chi connectivity index (χ4v) is 1.67. The predicted molar refractivity (Wildman–Crippen MR) is 54.9 cm³/mol. The van der Waals surface area contributed by atoms with E-state index in [-0.39, 0.29) is 5.91 Å². The highest BCUT2D eigenvalue weighted by molar-refractivity contribution is 5.73. The van der Waals surface area contributed by atoms with E-state index in [9.17, 15) is 4.79 Å². The van der Waals surface area contributed by atoms with Crippen LogP contribution in [0.4, 0.5) is 0 Å². The Morgan fingerprint density at radius 3 is 2.86 bits per heavy atom. The summed E-state index contributed by atoms with van der Waals surface area (Å²) in [7, 11) is 0. The number of hydrogen-bond acceptors (Lipinski definition) is 3. The summed E-state index contributed by atoms with van der Waals surface area (Å²) in [5.41, 5.74) is 5.03. The van der Waals surface area contributed by atoms with E-state index < -0.39 is 0 Å². The Hall–Kier alpha value is -0.610. The summed E-state index contributed by atoms with van der Waals surface area (Å²) in [5.74, 6) is -0.215. The second kappa shape index (κ2) is 5.98. The molecule has 0 radical (unpaired) electrons. The standard InChI is InChI=1S/C10H20N2O2/c1-2-14-9-6-8(7-9)12-5-3-4-10(11)13/h8-9,12H,2-7H2,1H3,(H2,11,13). The van der Waals surface area contributed by atoms with Gasteiger partial charge in [0, 0.05) is 19.1 Å². The topological polar surface area (TPSA) is 64.3 Å². The molecule has 3 N–H and O–H groups in total. The number of carbonyl (C=O) groups excluding carboxylic acids is 1. The number of amides is 1. The van der Waals surface area contributed by atoms with E-state index in [1.165, 1.54) is 0 Å².